The van der Waals surface area contributed by atoms with Crippen LogP contribution in [0, 0.1) is 5.92 Å². The summed E-state index contributed by atoms with van der Waals surface area (Å²) in [5.41, 5.74) is 0. The van der Waals surface area contributed by atoms with Crippen molar-refractivity contribution in [3.63, 3.8) is 0 Å². The molecule has 1 aliphatic rings. The highest BCUT2D eigenvalue weighted by Gasteiger charge is 2.25. The van der Waals surface area contributed by atoms with Crippen LogP contribution in [0.4, 0.5) is 0 Å². The second-order valence-electron chi connectivity index (χ2n) is 5.59. The number of aliphatic hydroxyl groups is 1. The Morgan fingerprint density at radius 2 is 1.90 bits per heavy atom. The Balaban J connectivity index is 0.000000151. The van der Waals surface area contributed by atoms with E-state index in [4.69, 9.17) is 5.11 Å². The number of benzene rings is 2. The van der Waals surface area contributed by atoms with Crippen molar-refractivity contribution in [1.29, 1.82) is 0 Å². The van der Waals surface area contributed by atoms with E-state index in [2.05, 4.69) is 63.9 Å². The topological polar surface area (TPSA) is 32.3 Å². The van der Waals surface area contributed by atoms with Crippen LogP contribution in [0.3, 0.4) is 0 Å². The molecule has 0 saturated carbocycles. The van der Waals surface area contributed by atoms with Crippen molar-refractivity contribution < 1.29 is 5.11 Å². The zero-order valence-electron chi connectivity index (χ0n) is 12.2. The van der Waals surface area contributed by atoms with Crippen molar-refractivity contribution in [3.8, 4) is 0 Å². The molecule has 4 atom stereocenters. The Labute approximate surface area is 123 Å². The molecule has 2 nitrogen and oxygen atoms in total. The summed E-state index contributed by atoms with van der Waals surface area (Å²) in [6, 6.07) is 15.1. The number of fused-ring (bicyclic) bond motifs is 1. The van der Waals surface area contributed by atoms with Crippen LogP contribution in [-0.4, -0.2) is 23.8 Å². The maximum atomic E-state index is 9.16. The summed E-state index contributed by atoms with van der Waals surface area (Å²) >= 11 is 0. The van der Waals surface area contributed by atoms with Gasteiger partial charge in [-0.05, 0) is 48.0 Å². The molecule has 0 amide bonds. The molecule has 1 aliphatic heterocycles. The lowest BCUT2D eigenvalue weighted by atomic mass is 10.00. The summed E-state index contributed by atoms with van der Waals surface area (Å²) < 4.78 is 0. The van der Waals surface area contributed by atoms with Gasteiger partial charge in [0, 0.05) is 6.04 Å². The van der Waals surface area contributed by atoms with Crippen LogP contribution in [0.1, 0.15) is 20.3 Å². The molecule has 2 aromatic carbocycles. The van der Waals surface area contributed by atoms with E-state index in [0.717, 1.165) is 6.54 Å². The minimum absolute atomic E-state index is 0.192. The molecule has 3 heteroatoms. The standard InChI is InChI=1S/C10H9P.C7H15NO/c11-10-6-5-8-3-1-2-4-9(8)7-10;1-5-3-4-8-7(5)6(2)9/h1-7H,11H2;5-9H,3-4H2,1-2H3/t;5?,6-,7?/m.0/s1. The first-order chi connectivity index (χ1) is 9.58. The Bertz CT molecular complexity index is 555. The van der Waals surface area contributed by atoms with Crippen LogP contribution < -0.4 is 10.6 Å². The average molecular weight is 289 g/mol. The van der Waals surface area contributed by atoms with Gasteiger partial charge in [0.15, 0.2) is 0 Å². The van der Waals surface area contributed by atoms with Crippen LogP contribution in [0.5, 0.6) is 0 Å². The Morgan fingerprint density at radius 1 is 1.20 bits per heavy atom. The summed E-state index contributed by atoms with van der Waals surface area (Å²) in [5, 5.41) is 16.3. The second-order valence-corrected chi connectivity index (χ2v) is 6.26. The predicted octanol–water partition coefficient (Wildman–Crippen LogP) is 2.71. The summed E-state index contributed by atoms with van der Waals surface area (Å²) in [5.74, 6) is 0.644. The van der Waals surface area contributed by atoms with Crippen molar-refractivity contribution in [2.24, 2.45) is 5.92 Å². The molecule has 2 N–H and O–H groups in total. The van der Waals surface area contributed by atoms with Crippen molar-refractivity contribution in [2.45, 2.75) is 32.4 Å². The zero-order valence-corrected chi connectivity index (χ0v) is 13.4. The van der Waals surface area contributed by atoms with Gasteiger partial charge in [0.1, 0.15) is 0 Å². The largest absolute Gasteiger partial charge is 0.392 e. The van der Waals surface area contributed by atoms with E-state index in [1.165, 1.54) is 22.5 Å². The molecule has 0 aliphatic carbocycles. The minimum Gasteiger partial charge on any atom is -0.392 e. The SMILES string of the molecule is CC1CCNC1[C@H](C)O.Pc1ccc2ccccc2c1. The third-order valence-electron chi connectivity index (χ3n) is 3.89. The maximum Gasteiger partial charge on any atom is 0.0667 e. The van der Waals surface area contributed by atoms with Gasteiger partial charge in [0.05, 0.1) is 6.10 Å². The summed E-state index contributed by atoms with van der Waals surface area (Å²) in [6.45, 7) is 5.09. The van der Waals surface area contributed by atoms with E-state index in [1.54, 1.807) is 0 Å². The molecule has 1 fully saturated rings. The summed E-state index contributed by atoms with van der Waals surface area (Å²) in [7, 11) is 2.70. The highest BCUT2D eigenvalue weighted by atomic mass is 31.0. The number of rotatable bonds is 1. The minimum atomic E-state index is -0.192. The highest BCUT2D eigenvalue weighted by molar-refractivity contribution is 7.27. The van der Waals surface area contributed by atoms with Gasteiger partial charge in [0.2, 0.25) is 0 Å². The molecule has 1 heterocycles. The highest BCUT2D eigenvalue weighted by Crippen LogP contribution is 2.16. The molecule has 0 aromatic heterocycles. The second kappa shape index (κ2) is 7.17. The first kappa shape index (κ1) is 15.4. The maximum absolute atomic E-state index is 9.16. The number of hydrogen-bond donors (Lipinski definition) is 2. The fraction of sp³-hybridized carbons (Fsp3) is 0.412. The smallest absolute Gasteiger partial charge is 0.0667 e. The molecular weight excluding hydrogens is 265 g/mol. The van der Waals surface area contributed by atoms with E-state index in [0.29, 0.717) is 12.0 Å². The quantitative estimate of drug-likeness (QED) is 0.791. The first-order valence-corrected chi connectivity index (χ1v) is 7.81. The Morgan fingerprint density at radius 3 is 2.45 bits per heavy atom. The fourth-order valence-electron chi connectivity index (χ4n) is 2.71. The molecule has 1 saturated heterocycles. The van der Waals surface area contributed by atoms with Gasteiger partial charge < -0.3 is 10.4 Å². The molecule has 3 rings (SSSR count). The van der Waals surface area contributed by atoms with Crippen LogP contribution >= 0.6 is 9.24 Å². The van der Waals surface area contributed by atoms with Crippen LogP contribution in [-0.2, 0) is 0 Å². The molecule has 2 aromatic rings. The molecule has 108 valence electrons. The number of hydrogen-bond acceptors (Lipinski definition) is 2. The fourth-order valence-corrected chi connectivity index (χ4v) is 2.99. The van der Waals surface area contributed by atoms with Gasteiger partial charge in [-0.1, -0.05) is 43.3 Å². The zero-order chi connectivity index (χ0) is 14.5. The van der Waals surface area contributed by atoms with Gasteiger partial charge in [-0.2, -0.15) is 0 Å². The van der Waals surface area contributed by atoms with E-state index < -0.39 is 0 Å². The van der Waals surface area contributed by atoms with Gasteiger partial charge in [-0.15, -0.1) is 9.24 Å². The van der Waals surface area contributed by atoms with Crippen molar-refractivity contribution in [1.82, 2.24) is 5.32 Å². The molecule has 20 heavy (non-hydrogen) atoms. The lowest BCUT2D eigenvalue weighted by molar-refractivity contribution is 0.137. The van der Waals surface area contributed by atoms with Gasteiger partial charge in [0.25, 0.3) is 0 Å². The lowest BCUT2D eigenvalue weighted by Crippen LogP contribution is -2.36. The van der Waals surface area contributed by atoms with E-state index in [1.807, 2.05) is 6.92 Å². The van der Waals surface area contributed by atoms with Crippen molar-refractivity contribution in [2.75, 3.05) is 6.54 Å². The molecule has 3 unspecified atom stereocenters. The first-order valence-electron chi connectivity index (χ1n) is 7.23. The predicted molar refractivity (Wildman–Crippen MR) is 90.5 cm³/mol. The third-order valence-corrected chi connectivity index (χ3v) is 4.25. The Kier molecular flexibility index (Phi) is 5.54. The molecule has 0 spiro atoms. The van der Waals surface area contributed by atoms with E-state index in [-0.39, 0.29) is 6.10 Å². The monoisotopic (exact) mass is 289 g/mol. The van der Waals surface area contributed by atoms with Crippen molar-refractivity contribution >= 4 is 25.3 Å². The van der Waals surface area contributed by atoms with Crippen LogP contribution in [0.15, 0.2) is 42.5 Å². The number of nitrogens with one attached hydrogen (secondary N) is 1. The van der Waals surface area contributed by atoms with Crippen molar-refractivity contribution in [3.05, 3.63) is 42.5 Å². The molecule has 0 bridgehead atoms. The van der Waals surface area contributed by atoms with E-state index in [9.17, 15) is 0 Å². The third kappa shape index (κ3) is 4.02. The molecular formula is C17H24NOP. The molecule has 0 radical (unpaired) electrons. The van der Waals surface area contributed by atoms with Gasteiger partial charge >= 0.3 is 0 Å². The van der Waals surface area contributed by atoms with E-state index >= 15 is 0 Å². The normalized spacial score (nSPS) is 23.2. The van der Waals surface area contributed by atoms with Crippen LogP contribution in [0.25, 0.3) is 10.8 Å². The van der Waals surface area contributed by atoms with Gasteiger partial charge in [-0.3, -0.25) is 0 Å². The van der Waals surface area contributed by atoms with Gasteiger partial charge in [-0.25, -0.2) is 0 Å². The number of aliphatic hydroxyl groups excluding tert-OH is 1. The summed E-state index contributed by atoms with van der Waals surface area (Å²) in [6.07, 6.45) is 1.01. The average Bonchev–Trinajstić information content (AvgIpc) is 2.86. The lowest BCUT2D eigenvalue weighted by Gasteiger charge is -2.17. The summed E-state index contributed by atoms with van der Waals surface area (Å²) in [4.78, 5) is 0. The van der Waals surface area contributed by atoms with Crippen LogP contribution in [0.2, 0.25) is 0 Å². The Hall–Kier alpha value is -0.950.